The molecule has 23 heavy (non-hydrogen) atoms. The van der Waals surface area contributed by atoms with E-state index in [9.17, 15) is 0 Å². The Labute approximate surface area is 140 Å². The van der Waals surface area contributed by atoms with Crippen LogP contribution in [0.4, 0.5) is 0 Å². The summed E-state index contributed by atoms with van der Waals surface area (Å²) in [6.45, 7) is 5.69. The van der Waals surface area contributed by atoms with Gasteiger partial charge in [-0.1, -0.05) is 43.2 Å². The van der Waals surface area contributed by atoms with E-state index in [4.69, 9.17) is 9.47 Å². The van der Waals surface area contributed by atoms with Gasteiger partial charge in [-0.2, -0.15) is 0 Å². The van der Waals surface area contributed by atoms with Crippen molar-refractivity contribution in [2.45, 2.75) is 63.0 Å². The molecule has 0 bridgehead atoms. The zero-order valence-electron chi connectivity index (χ0n) is 14.4. The van der Waals surface area contributed by atoms with E-state index in [1.165, 1.54) is 37.7 Å². The lowest BCUT2D eigenvalue weighted by Gasteiger charge is -2.37. The Morgan fingerprint density at radius 1 is 1.22 bits per heavy atom. The van der Waals surface area contributed by atoms with Gasteiger partial charge in [0.05, 0.1) is 19.3 Å². The second kappa shape index (κ2) is 8.27. The van der Waals surface area contributed by atoms with Gasteiger partial charge in [-0.15, -0.1) is 0 Å². The molecule has 128 valence electrons. The largest absolute Gasteiger partial charge is 0.377 e. The van der Waals surface area contributed by atoms with Gasteiger partial charge in [-0.25, -0.2) is 0 Å². The van der Waals surface area contributed by atoms with E-state index in [-0.39, 0.29) is 0 Å². The normalized spacial score (nSPS) is 24.8. The fourth-order valence-corrected chi connectivity index (χ4v) is 4.28. The molecule has 1 N–H and O–H groups in total. The molecule has 2 fully saturated rings. The highest BCUT2D eigenvalue weighted by Gasteiger charge is 2.40. The lowest BCUT2D eigenvalue weighted by atomic mass is 9.73. The van der Waals surface area contributed by atoms with Crippen LogP contribution in [-0.4, -0.2) is 38.5 Å². The van der Waals surface area contributed by atoms with Gasteiger partial charge in [0, 0.05) is 24.6 Å². The summed E-state index contributed by atoms with van der Waals surface area (Å²) in [4.78, 5) is 0. The van der Waals surface area contributed by atoms with Crippen LogP contribution in [0.2, 0.25) is 0 Å². The first-order chi connectivity index (χ1) is 11.3. The predicted molar refractivity (Wildman–Crippen MR) is 93.8 cm³/mol. The third-order valence-corrected chi connectivity index (χ3v) is 5.70. The fraction of sp³-hybridized carbons (Fsp3) is 0.700. The molecule has 3 heteroatoms. The third-order valence-electron chi connectivity index (χ3n) is 5.70. The Balaban J connectivity index is 1.46. The molecule has 0 amide bonds. The van der Waals surface area contributed by atoms with E-state index in [0.29, 0.717) is 17.6 Å². The summed E-state index contributed by atoms with van der Waals surface area (Å²) in [6, 6.07) is 11.6. The number of hydrogen-bond donors (Lipinski definition) is 1. The number of hydrogen-bond acceptors (Lipinski definition) is 3. The second-order valence-corrected chi connectivity index (χ2v) is 7.12. The SMILES string of the molecule is C[C@H](NCCOC[C@@H]1CCCO1)C1(c2ccccc2)CCCC1. The molecule has 1 saturated carbocycles. The highest BCUT2D eigenvalue weighted by Crippen LogP contribution is 2.43. The standard InChI is InChI=1S/C20H31NO2/c1-17(21-13-15-22-16-19-10-7-14-23-19)20(11-5-6-12-20)18-8-3-2-4-9-18/h2-4,8-9,17,19,21H,5-7,10-16H2,1H3/t17-,19-/m0/s1. The highest BCUT2D eigenvalue weighted by molar-refractivity contribution is 5.28. The van der Waals surface area contributed by atoms with E-state index < -0.39 is 0 Å². The quantitative estimate of drug-likeness (QED) is 0.742. The minimum Gasteiger partial charge on any atom is -0.377 e. The minimum absolute atomic E-state index is 0.301. The lowest BCUT2D eigenvalue weighted by molar-refractivity contribution is 0.0174. The average molecular weight is 317 g/mol. The van der Waals surface area contributed by atoms with Crippen molar-refractivity contribution in [3.05, 3.63) is 35.9 Å². The number of ether oxygens (including phenoxy) is 2. The van der Waals surface area contributed by atoms with E-state index >= 15 is 0 Å². The molecule has 1 saturated heterocycles. The van der Waals surface area contributed by atoms with Crippen molar-refractivity contribution in [2.75, 3.05) is 26.4 Å². The van der Waals surface area contributed by atoms with Crippen LogP contribution in [0, 0.1) is 0 Å². The molecular weight excluding hydrogens is 286 g/mol. The van der Waals surface area contributed by atoms with Crippen molar-refractivity contribution < 1.29 is 9.47 Å². The minimum atomic E-state index is 0.301. The van der Waals surface area contributed by atoms with Crippen LogP contribution in [-0.2, 0) is 14.9 Å². The van der Waals surface area contributed by atoms with Crippen LogP contribution >= 0.6 is 0 Å². The van der Waals surface area contributed by atoms with Gasteiger partial charge >= 0.3 is 0 Å². The van der Waals surface area contributed by atoms with Crippen molar-refractivity contribution in [3.63, 3.8) is 0 Å². The van der Waals surface area contributed by atoms with E-state index in [1.807, 2.05) is 0 Å². The van der Waals surface area contributed by atoms with Crippen molar-refractivity contribution >= 4 is 0 Å². The Hall–Kier alpha value is -0.900. The monoisotopic (exact) mass is 317 g/mol. The van der Waals surface area contributed by atoms with Crippen molar-refractivity contribution in [1.82, 2.24) is 5.32 Å². The number of nitrogens with one attached hydrogen (secondary N) is 1. The Bertz CT molecular complexity index is 450. The number of rotatable bonds is 8. The summed E-state index contributed by atoms with van der Waals surface area (Å²) in [5.41, 5.74) is 1.80. The van der Waals surface area contributed by atoms with Gasteiger partial charge in [0.25, 0.3) is 0 Å². The molecule has 0 radical (unpaired) electrons. The molecule has 3 nitrogen and oxygen atoms in total. The first-order valence-electron chi connectivity index (χ1n) is 9.29. The first-order valence-corrected chi connectivity index (χ1v) is 9.29. The summed E-state index contributed by atoms with van der Waals surface area (Å²) in [6.07, 6.45) is 7.94. The fourth-order valence-electron chi connectivity index (χ4n) is 4.28. The van der Waals surface area contributed by atoms with Crippen molar-refractivity contribution in [2.24, 2.45) is 0 Å². The maximum Gasteiger partial charge on any atom is 0.0809 e. The average Bonchev–Trinajstić information content (AvgIpc) is 3.27. The summed E-state index contributed by atoms with van der Waals surface area (Å²) in [5.74, 6) is 0. The van der Waals surface area contributed by atoms with Gasteiger partial charge < -0.3 is 14.8 Å². The molecule has 1 aliphatic carbocycles. The van der Waals surface area contributed by atoms with Gasteiger partial charge in [-0.3, -0.25) is 0 Å². The molecule has 1 aliphatic heterocycles. The molecule has 3 rings (SSSR count). The molecule has 0 unspecified atom stereocenters. The van der Waals surface area contributed by atoms with Crippen molar-refractivity contribution in [1.29, 1.82) is 0 Å². The molecule has 1 aromatic rings. The second-order valence-electron chi connectivity index (χ2n) is 7.12. The highest BCUT2D eigenvalue weighted by atomic mass is 16.5. The maximum atomic E-state index is 5.78. The van der Waals surface area contributed by atoms with Gasteiger partial charge in [0.15, 0.2) is 0 Å². The molecule has 1 aromatic carbocycles. The van der Waals surface area contributed by atoms with Gasteiger partial charge in [0.2, 0.25) is 0 Å². The summed E-state index contributed by atoms with van der Waals surface area (Å²) in [7, 11) is 0. The van der Waals surface area contributed by atoms with Gasteiger partial charge in [-0.05, 0) is 38.2 Å². The smallest absolute Gasteiger partial charge is 0.0809 e. The Morgan fingerprint density at radius 3 is 2.70 bits per heavy atom. The maximum absolute atomic E-state index is 5.78. The van der Waals surface area contributed by atoms with E-state index in [2.05, 4.69) is 42.6 Å². The molecular formula is C20H31NO2. The topological polar surface area (TPSA) is 30.5 Å². The van der Waals surface area contributed by atoms with Crippen LogP contribution in [0.5, 0.6) is 0 Å². The van der Waals surface area contributed by atoms with Crippen LogP contribution in [0.25, 0.3) is 0 Å². The molecule has 2 atom stereocenters. The summed E-state index contributed by atoms with van der Waals surface area (Å²) >= 11 is 0. The first kappa shape index (κ1) is 16.9. The van der Waals surface area contributed by atoms with E-state index in [1.54, 1.807) is 0 Å². The molecule has 0 spiro atoms. The van der Waals surface area contributed by atoms with E-state index in [0.717, 1.165) is 32.8 Å². The van der Waals surface area contributed by atoms with Crippen molar-refractivity contribution in [3.8, 4) is 0 Å². The zero-order chi connectivity index (χ0) is 16.0. The number of benzene rings is 1. The molecule has 2 aliphatic rings. The van der Waals surface area contributed by atoms with Crippen LogP contribution < -0.4 is 5.32 Å². The van der Waals surface area contributed by atoms with Crippen LogP contribution in [0.3, 0.4) is 0 Å². The van der Waals surface area contributed by atoms with Crippen LogP contribution in [0.1, 0.15) is 51.0 Å². The molecule has 0 aromatic heterocycles. The van der Waals surface area contributed by atoms with Crippen LogP contribution in [0.15, 0.2) is 30.3 Å². The third kappa shape index (κ3) is 4.14. The zero-order valence-corrected chi connectivity index (χ0v) is 14.4. The molecule has 1 heterocycles. The summed E-state index contributed by atoms with van der Waals surface area (Å²) in [5, 5.41) is 3.72. The van der Waals surface area contributed by atoms with Gasteiger partial charge in [0.1, 0.15) is 0 Å². The summed E-state index contributed by atoms with van der Waals surface area (Å²) < 4.78 is 11.4. The predicted octanol–water partition coefficient (Wildman–Crippen LogP) is 3.67. The lowest BCUT2D eigenvalue weighted by Crippen LogP contribution is -2.46. The Morgan fingerprint density at radius 2 is 2.00 bits per heavy atom. The Kier molecular flexibility index (Phi) is 6.09.